The maximum atomic E-state index is 8.23. The third kappa shape index (κ3) is 1.75. The van der Waals surface area contributed by atoms with Crippen LogP contribution >= 0.6 is 11.3 Å². The van der Waals surface area contributed by atoms with Gasteiger partial charge < -0.3 is 0 Å². The van der Waals surface area contributed by atoms with E-state index in [0.29, 0.717) is 0 Å². The van der Waals surface area contributed by atoms with Crippen LogP contribution in [-0.2, 0) is 0 Å². The highest BCUT2D eigenvalue weighted by Crippen LogP contribution is 2.24. The van der Waals surface area contributed by atoms with Gasteiger partial charge in [-0.15, -0.1) is 11.3 Å². The van der Waals surface area contributed by atoms with Crippen molar-refractivity contribution >= 4 is 11.3 Å². The van der Waals surface area contributed by atoms with Crippen molar-refractivity contribution in [3.63, 3.8) is 0 Å². The van der Waals surface area contributed by atoms with E-state index in [2.05, 4.69) is 15.0 Å². The Morgan fingerprint density at radius 2 is 2.25 bits per heavy atom. The average molecular weight is 182 g/mol. The third-order valence-electron chi connectivity index (χ3n) is 1.56. The molecule has 0 fully saturated rings. The van der Waals surface area contributed by atoms with Crippen molar-refractivity contribution in [1.29, 1.82) is 0 Å². The highest BCUT2D eigenvalue weighted by molar-refractivity contribution is 7.11. The molecule has 0 aliphatic rings. The summed E-state index contributed by atoms with van der Waals surface area (Å²) in [5.41, 5.74) is 9.13. The van der Waals surface area contributed by atoms with Crippen LogP contribution in [0, 0.1) is 13.8 Å². The normalized spacial score (nSPS) is 12.2. The van der Waals surface area contributed by atoms with Crippen molar-refractivity contribution in [2.75, 3.05) is 0 Å². The van der Waals surface area contributed by atoms with Crippen LogP contribution in [0.5, 0.6) is 0 Å². The van der Waals surface area contributed by atoms with Crippen LogP contribution in [-0.4, -0.2) is 4.98 Å². The lowest BCUT2D eigenvalue weighted by molar-refractivity contribution is 0.771. The van der Waals surface area contributed by atoms with E-state index in [1.54, 1.807) is 11.3 Å². The van der Waals surface area contributed by atoms with Crippen molar-refractivity contribution in [3.05, 3.63) is 26.0 Å². The molecule has 0 aromatic carbocycles. The number of nitrogens with zero attached hydrogens (tertiary/aromatic N) is 4. The van der Waals surface area contributed by atoms with Gasteiger partial charge in [0.2, 0.25) is 0 Å². The molecule has 0 saturated carbocycles. The van der Waals surface area contributed by atoms with Crippen molar-refractivity contribution in [3.8, 4) is 0 Å². The molecule has 0 unspecified atom stereocenters. The minimum absolute atomic E-state index is 0.153. The van der Waals surface area contributed by atoms with Crippen LogP contribution in [0.2, 0.25) is 0 Å². The maximum absolute atomic E-state index is 8.23. The van der Waals surface area contributed by atoms with E-state index in [4.69, 9.17) is 5.53 Å². The zero-order valence-electron chi connectivity index (χ0n) is 7.27. The highest BCUT2D eigenvalue weighted by Gasteiger charge is 2.10. The van der Waals surface area contributed by atoms with Gasteiger partial charge in [-0.2, -0.15) is 0 Å². The largest absolute Gasteiger partial charge is 0.246 e. The first-order valence-electron chi connectivity index (χ1n) is 3.63. The molecule has 64 valence electrons. The van der Waals surface area contributed by atoms with Crippen molar-refractivity contribution in [1.82, 2.24) is 4.98 Å². The second-order valence-electron chi connectivity index (χ2n) is 2.56. The lowest BCUT2D eigenvalue weighted by atomic mass is 10.2. The zero-order valence-corrected chi connectivity index (χ0v) is 8.09. The zero-order chi connectivity index (χ0) is 9.14. The van der Waals surface area contributed by atoms with Gasteiger partial charge in [0.05, 0.1) is 16.7 Å². The Kier molecular flexibility index (Phi) is 2.68. The number of thiazole rings is 1. The van der Waals surface area contributed by atoms with Crippen molar-refractivity contribution in [2.45, 2.75) is 26.8 Å². The van der Waals surface area contributed by atoms with Crippen molar-refractivity contribution in [2.24, 2.45) is 5.11 Å². The van der Waals surface area contributed by atoms with E-state index >= 15 is 0 Å². The minimum Gasteiger partial charge on any atom is -0.246 e. The molecular formula is C7H10N4S. The lowest BCUT2D eigenvalue weighted by Crippen LogP contribution is -1.90. The Morgan fingerprint density at radius 1 is 1.58 bits per heavy atom. The van der Waals surface area contributed by atoms with Crippen LogP contribution in [0.1, 0.15) is 28.5 Å². The summed E-state index contributed by atoms with van der Waals surface area (Å²) < 4.78 is 0. The molecule has 0 spiro atoms. The summed E-state index contributed by atoms with van der Waals surface area (Å²) in [6.45, 7) is 5.79. The fourth-order valence-corrected chi connectivity index (χ4v) is 1.97. The second-order valence-corrected chi connectivity index (χ2v) is 3.96. The first-order chi connectivity index (χ1) is 5.65. The fourth-order valence-electron chi connectivity index (χ4n) is 1.06. The Balaban J connectivity index is 3.01. The molecule has 4 nitrogen and oxygen atoms in total. The molecule has 0 radical (unpaired) electrons. The van der Waals surface area contributed by atoms with Gasteiger partial charge in [0, 0.05) is 9.79 Å². The molecule has 12 heavy (non-hydrogen) atoms. The summed E-state index contributed by atoms with van der Waals surface area (Å²) >= 11 is 1.63. The molecule has 0 N–H and O–H groups in total. The molecule has 0 bridgehead atoms. The number of hydrogen-bond donors (Lipinski definition) is 0. The van der Waals surface area contributed by atoms with E-state index < -0.39 is 0 Å². The first-order valence-corrected chi connectivity index (χ1v) is 4.45. The van der Waals surface area contributed by atoms with E-state index in [1.165, 1.54) is 0 Å². The van der Waals surface area contributed by atoms with Gasteiger partial charge >= 0.3 is 0 Å². The quantitative estimate of drug-likeness (QED) is 0.393. The Morgan fingerprint density at radius 3 is 2.67 bits per heavy atom. The molecule has 1 rings (SSSR count). The number of aromatic nitrogens is 1. The van der Waals surface area contributed by atoms with Crippen LogP contribution < -0.4 is 0 Å². The number of aryl methyl sites for hydroxylation is 2. The summed E-state index contributed by atoms with van der Waals surface area (Å²) in [6, 6.07) is -0.153. The molecule has 0 amide bonds. The predicted molar refractivity (Wildman–Crippen MR) is 49.1 cm³/mol. The summed E-state index contributed by atoms with van der Waals surface area (Å²) in [4.78, 5) is 8.17. The van der Waals surface area contributed by atoms with Gasteiger partial charge in [-0.3, -0.25) is 0 Å². The Labute approximate surface area is 74.9 Å². The van der Waals surface area contributed by atoms with E-state index in [0.717, 1.165) is 15.6 Å². The summed E-state index contributed by atoms with van der Waals surface area (Å²) in [6.07, 6.45) is 0. The summed E-state index contributed by atoms with van der Waals surface area (Å²) in [5, 5.41) is 4.61. The highest BCUT2D eigenvalue weighted by atomic mass is 32.1. The minimum atomic E-state index is -0.153. The van der Waals surface area contributed by atoms with Crippen LogP contribution in [0.4, 0.5) is 0 Å². The summed E-state index contributed by atoms with van der Waals surface area (Å²) in [7, 11) is 0. The molecule has 1 heterocycles. The third-order valence-corrected chi connectivity index (χ3v) is 2.46. The molecule has 1 atom stereocenters. The molecule has 0 saturated heterocycles. The van der Waals surface area contributed by atoms with E-state index in [9.17, 15) is 0 Å². The first kappa shape index (κ1) is 9.03. The van der Waals surface area contributed by atoms with E-state index in [1.807, 2.05) is 20.8 Å². The molecular weight excluding hydrogens is 172 g/mol. The van der Waals surface area contributed by atoms with Crippen molar-refractivity contribution < 1.29 is 0 Å². The summed E-state index contributed by atoms with van der Waals surface area (Å²) in [5.74, 6) is 0. The number of azide groups is 1. The van der Waals surface area contributed by atoms with Gasteiger partial charge in [0.25, 0.3) is 0 Å². The van der Waals surface area contributed by atoms with Gasteiger partial charge in [0.1, 0.15) is 0 Å². The van der Waals surface area contributed by atoms with E-state index in [-0.39, 0.29) is 6.04 Å². The second kappa shape index (κ2) is 3.56. The molecule has 5 heteroatoms. The maximum Gasteiger partial charge on any atom is 0.0900 e. The number of hydrogen-bond acceptors (Lipinski definition) is 3. The van der Waals surface area contributed by atoms with Gasteiger partial charge in [-0.25, -0.2) is 4.98 Å². The van der Waals surface area contributed by atoms with Gasteiger partial charge in [-0.1, -0.05) is 12.0 Å². The molecule has 1 aromatic rings. The Hall–Kier alpha value is -1.06. The number of rotatable bonds is 2. The molecule has 1 aromatic heterocycles. The monoisotopic (exact) mass is 182 g/mol. The van der Waals surface area contributed by atoms with Gasteiger partial charge in [0.15, 0.2) is 0 Å². The van der Waals surface area contributed by atoms with Crippen LogP contribution in [0.3, 0.4) is 0 Å². The molecule has 0 aliphatic carbocycles. The SMILES string of the molecule is Cc1nc([C@H](C)N=[N+]=[N-])c(C)s1. The van der Waals surface area contributed by atoms with Crippen LogP contribution in [0.25, 0.3) is 10.4 Å². The lowest BCUT2D eigenvalue weighted by Gasteiger charge is -1.99. The smallest absolute Gasteiger partial charge is 0.0900 e. The van der Waals surface area contributed by atoms with Gasteiger partial charge in [-0.05, 0) is 19.4 Å². The average Bonchev–Trinajstić information content (AvgIpc) is 2.30. The van der Waals surface area contributed by atoms with Crippen LogP contribution in [0.15, 0.2) is 5.11 Å². The fraction of sp³-hybridized carbons (Fsp3) is 0.571. The predicted octanol–water partition coefficient (Wildman–Crippen LogP) is 3.13. The molecule has 0 aliphatic heterocycles. The Bertz CT molecular complexity index is 324. The topological polar surface area (TPSA) is 61.7 Å². The standard InChI is InChI=1S/C7H10N4S/c1-4(10-11-8)7-5(2)12-6(3)9-7/h4H,1-3H3/t4-/m0/s1.